The van der Waals surface area contributed by atoms with Crippen LogP contribution in [-0.2, 0) is 25.6 Å². The van der Waals surface area contributed by atoms with Gasteiger partial charge in [-0.25, -0.2) is 28.7 Å². The molecule has 0 aromatic carbocycles. The molecule has 1 N–H and O–H groups in total. The number of carbonyl (C=O) groups excluding carboxylic acids is 1. The lowest BCUT2D eigenvalue weighted by Crippen LogP contribution is -2.22. The molecule has 0 unspecified atom stereocenters. The summed E-state index contributed by atoms with van der Waals surface area (Å²) in [5, 5.41) is 0.616. The summed E-state index contributed by atoms with van der Waals surface area (Å²) in [4.78, 5) is 23.3. The van der Waals surface area contributed by atoms with Crippen molar-refractivity contribution in [2.75, 3.05) is 5.75 Å². The zero-order valence-electron chi connectivity index (χ0n) is 13.9. The molecule has 0 radical (unpaired) electrons. The minimum atomic E-state index is -4.86. The molecular weight excluding hydrogens is 407 g/mol. The second-order valence-corrected chi connectivity index (χ2v) is 8.27. The van der Waals surface area contributed by atoms with Gasteiger partial charge in [-0.1, -0.05) is 12.6 Å². The van der Waals surface area contributed by atoms with Gasteiger partial charge >= 0.3 is 12.1 Å². The van der Waals surface area contributed by atoms with Gasteiger partial charge in [0.05, 0.1) is 22.7 Å². The number of hydrogen-bond donors (Lipinski definition) is 1. The molecule has 146 valence electrons. The third-order valence-corrected chi connectivity index (χ3v) is 5.33. The number of alkyl halides is 3. The van der Waals surface area contributed by atoms with Gasteiger partial charge in [0.25, 0.3) is 0 Å². The van der Waals surface area contributed by atoms with E-state index in [0.29, 0.717) is 16.6 Å². The van der Waals surface area contributed by atoms with E-state index in [0.717, 1.165) is 11.3 Å². The second kappa shape index (κ2) is 8.05. The first-order valence-corrected chi connectivity index (χ1v) is 9.86. The minimum Gasteiger partial charge on any atom is -0.344 e. The first-order chi connectivity index (χ1) is 12.5. The van der Waals surface area contributed by atoms with Crippen LogP contribution < -0.4 is 5.48 Å². The van der Waals surface area contributed by atoms with E-state index in [9.17, 15) is 26.4 Å². The maximum Gasteiger partial charge on any atom is 0.433 e. The number of nitrogens with one attached hydrogen (secondary N) is 1. The van der Waals surface area contributed by atoms with Crippen molar-refractivity contribution >= 4 is 27.1 Å². The Morgan fingerprint density at radius 3 is 2.63 bits per heavy atom. The second-order valence-electron chi connectivity index (χ2n) is 5.32. The van der Waals surface area contributed by atoms with Crippen LogP contribution in [0, 0.1) is 0 Å². The molecule has 7 nitrogen and oxygen atoms in total. The van der Waals surface area contributed by atoms with Gasteiger partial charge in [0, 0.05) is 5.70 Å². The zero-order chi connectivity index (χ0) is 20.2. The van der Waals surface area contributed by atoms with Crippen LogP contribution in [-0.4, -0.2) is 30.1 Å². The number of hydroxylamine groups is 1. The molecule has 0 aliphatic heterocycles. The van der Waals surface area contributed by atoms with Crippen molar-refractivity contribution in [2.24, 2.45) is 0 Å². The molecule has 12 heteroatoms. The fraction of sp³-hybridized carbons (Fsp3) is 0.267. The zero-order valence-corrected chi connectivity index (χ0v) is 15.5. The summed E-state index contributed by atoms with van der Waals surface area (Å²) in [7, 11) is -4.36. The summed E-state index contributed by atoms with van der Waals surface area (Å²) in [5.41, 5.74) is 0.921. The highest BCUT2D eigenvalue weighted by molar-refractivity contribution is 7.91. The summed E-state index contributed by atoms with van der Waals surface area (Å²) in [6.45, 7) is 4.92. The highest BCUT2D eigenvalue weighted by Crippen LogP contribution is 2.32. The summed E-state index contributed by atoms with van der Waals surface area (Å²) in [6, 6.07) is 3.77. The Hall–Kier alpha value is -2.47. The number of hydrogen-bond acceptors (Lipinski definition) is 8. The molecule has 0 spiro atoms. The minimum absolute atomic E-state index is 0.169. The van der Waals surface area contributed by atoms with E-state index >= 15 is 0 Å². The van der Waals surface area contributed by atoms with Crippen LogP contribution in [0.4, 0.5) is 13.2 Å². The number of rotatable bonds is 7. The summed E-state index contributed by atoms with van der Waals surface area (Å²) in [6.07, 6.45) is -5.46. The Bertz CT molecular complexity index is 942. The van der Waals surface area contributed by atoms with Crippen molar-refractivity contribution in [2.45, 2.75) is 24.7 Å². The smallest absolute Gasteiger partial charge is 0.344 e. The lowest BCUT2D eigenvalue weighted by atomic mass is 10.3. The predicted octanol–water partition coefficient (Wildman–Crippen LogP) is 2.97. The van der Waals surface area contributed by atoms with Gasteiger partial charge in [-0.2, -0.15) is 13.2 Å². The Morgan fingerprint density at radius 1 is 1.37 bits per heavy atom. The molecule has 0 amide bonds. The van der Waals surface area contributed by atoms with Crippen molar-refractivity contribution < 1.29 is 31.2 Å². The van der Waals surface area contributed by atoms with Crippen LogP contribution in [0.15, 0.2) is 41.0 Å². The molecule has 2 heterocycles. The maximum absolute atomic E-state index is 13.1. The standard InChI is InChI=1S/C15H14F3N3O4S2/c1-9(2)21-25-13(22)5-7-27(23,24)14-19-10(11-4-3-6-26-11)8-12(20-14)15(16,17)18/h3-4,6,8,21H,1,5,7H2,2H3. The van der Waals surface area contributed by atoms with Gasteiger partial charge in [0.1, 0.15) is 5.69 Å². The van der Waals surface area contributed by atoms with Crippen molar-refractivity contribution in [1.29, 1.82) is 0 Å². The number of carbonyl (C=O) groups is 1. The first-order valence-electron chi connectivity index (χ1n) is 7.33. The Balaban J connectivity index is 2.31. The fourth-order valence-electron chi connectivity index (χ4n) is 1.76. The van der Waals surface area contributed by atoms with Crippen LogP contribution in [0.3, 0.4) is 0 Å². The highest BCUT2D eigenvalue weighted by Gasteiger charge is 2.35. The van der Waals surface area contributed by atoms with Crippen LogP contribution in [0.2, 0.25) is 0 Å². The fourth-order valence-corrected chi connectivity index (χ4v) is 3.54. The van der Waals surface area contributed by atoms with Crippen molar-refractivity contribution in [1.82, 2.24) is 15.4 Å². The molecule has 2 aromatic rings. The lowest BCUT2D eigenvalue weighted by Gasteiger charge is -2.10. The molecule has 2 rings (SSSR count). The number of aromatic nitrogens is 2. The topological polar surface area (TPSA) is 98.2 Å². The van der Waals surface area contributed by atoms with Gasteiger partial charge in [-0.05, 0) is 24.4 Å². The Kier molecular flexibility index (Phi) is 6.21. The highest BCUT2D eigenvalue weighted by atomic mass is 32.2. The van der Waals surface area contributed by atoms with Crippen LogP contribution >= 0.6 is 11.3 Å². The largest absolute Gasteiger partial charge is 0.433 e. The van der Waals surface area contributed by atoms with Crippen molar-refractivity contribution in [3.8, 4) is 10.6 Å². The molecule has 2 aromatic heterocycles. The SMILES string of the molecule is C=C(C)NOC(=O)CCS(=O)(=O)c1nc(-c2cccs2)cc(C(F)(F)F)n1. The van der Waals surface area contributed by atoms with E-state index in [4.69, 9.17) is 0 Å². The molecule has 27 heavy (non-hydrogen) atoms. The average Bonchev–Trinajstić information content (AvgIpc) is 3.11. The predicted molar refractivity (Wildman–Crippen MR) is 91.1 cm³/mol. The van der Waals surface area contributed by atoms with E-state index in [1.807, 2.05) is 0 Å². The van der Waals surface area contributed by atoms with E-state index in [-0.39, 0.29) is 5.69 Å². The third kappa shape index (κ3) is 5.76. The van der Waals surface area contributed by atoms with Crippen LogP contribution in [0.1, 0.15) is 19.0 Å². The van der Waals surface area contributed by atoms with Crippen molar-refractivity contribution in [3.05, 3.63) is 41.5 Å². The molecule has 0 aliphatic carbocycles. The molecule has 0 aliphatic rings. The maximum atomic E-state index is 13.1. The Labute approximate surface area is 156 Å². The monoisotopic (exact) mass is 421 g/mol. The molecule has 0 bridgehead atoms. The van der Waals surface area contributed by atoms with E-state index < -0.39 is 45.0 Å². The third-order valence-electron chi connectivity index (χ3n) is 2.96. The number of sulfone groups is 1. The van der Waals surface area contributed by atoms with E-state index in [2.05, 4.69) is 26.9 Å². The normalized spacial score (nSPS) is 11.9. The average molecular weight is 421 g/mol. The molecule has 0 atom stereocenters. The number of allylic oxidation sites excluding steroid dienone is 1. The summed E-state index contributed by atoms with van der Waals surface area (Å²) < 4.78 is 64.0. The van der Waals surface area contributed by atoms with Gasteiger partial charge in [0.2, 0.25) is 15.0 Å². The van der Waals surface area contributed by atoms with Crippen LogP contribution in [0.5, 0.6) is 0 Å². The Morgan fingerprint density at radius 2 is 2.07 bits per heavy atom. The molecule has 0 saturated heterocycles. The lowest BCUT2D eigenvalue weighted by molar-refractivity contribution is -0.149. The number of halogens is 3. The van der Waals surface area contributed by atoms with Crippen LogP contribution in [0.25, 0.3) is 10.6 Å². The molecule has 0 saturated carbocycles. The summed E-state index contributed by atoms with van der Waals surface area (Å²) in [5.74, 6) is -1.73. The summed E-state index contributed by atoms with van der Waals surface area (Å²) >= 11 is 1.10. The number of thiophene rings is 1. The van der Waals surface area contributed by atoms with Gasteiger partial charge in [-0.15, -0.1) is 11.3 Å². The molecular formula is C15H14F3N3O4S2. The van der Waals surface area contributed by atoms with Gasteiger partial charge in [-0.3, -0.25) is 0 Å². The van der Waals surface area contributed by atoms with Gasteiger partial charge in [0.15, 0.2) is 0 Å². The first kappa shape index (κ1) is 20.8. The van der Waals surface area contributed by atoms with Gasteiger partial charge < -0.3 is 4.84 Å². The number of nitrogens with zero attached hydrogens (tertiary/aromatic N) is 2. The van der Waals surface area contributed by atoms with E-state index in [1.54, 1.807) is 11.4 Å². The quantitative estimate of drug-likeness (QED) is 0.542. The van der Waals surface area contributed by atoms with E-state index in [1.165, 1.54) is 13.0 Å². The molecule has 0 fully saturated rings. The van der Waals surface area contributed by atoms with Crippen molar-refractivity contribution in [3.63, 3.8) is 0 Å².